The third kappa shape index (κ3) is 5.56. The van der Waals surface area contributed by atoms with Crippen LogP contribution in [0.3, 0.4) is 0 Å². The van der Waals surface area contributed by atoms with Gasteiger partial charge in [0, 0.05) is 5.56 Å². The first kappa shape index (κ1) is 30.8. The lowest BCUT2D eigenvalue weighted by Crippen LogP contribution is -2.06. The van der Waals surface area contributed by atoms with E-state index >= 15 is 0 Å². The zero-order chi connectivity index (χ0) is 35.2. The van der Waals surface area contributed by atoms with Crippen molar-refractivity contribution in [1.29, 1.82) is 0 Å². The highest BCUT2D eigenvalue weighted by atomic mass is 16.5. The first-order valence-electron chi connectivity index (χ1n) is 16.3. The van der Waals surface area contributed by atoms with Gasteiger partial charge >= 0.3 is 11.9 Å². The van der Waals surface area contributed by atoms with Gasteiger partial charge in [0.15, 0.2) is 0 Å². The highest BCUT2D eigenvalue weighted by molar-refractivity contribution is 6.21. The van der Waals surface area contributed by atoms with Crippen LogP contribution in [0.15, 0.2) is 115 Å². The topological polar surface area (TPSA) is 147 Å². The first-order valence-corrected chi connectivity index (χ1v) is 16.3. The van der Waals surface area contributed by atoms with Crippen LogP contribution in [0.4, 0.5) is 0 Å². The van der Waals surface area contributed by atoms with Gasteiger partial charge in [-0.1, -0.05) is 60.7 Å². The monoisotopic (exact) mass is 680 g/mol. The Morgan fingerprint density at radius 2 is 0.808 bits per heavy atom. The normalized spacial score (nSPS) is 11.5. The molecule has 0 saturated heterocycles. The molecule has 0 aliphatic carbocycles. The van der Waals surface area contributed by atoms with Gasteiger partial charge in [-0.2, -0.15) is 0 Å². The summed E-state index contributed by atoms with van der Waals surface area (Å²) in [6.07, 6.45) is 0.746. The summed E-state index contributed by atoms with van der Waals surface area (Å²) >= 11 is 0. The van der Waals surface area contributed by atoms with Crippen LogP contribution in [0.1, 0.15) is 42.2 Å². The van der Waals surface area contributed by atoms with Crippen LogP contribution >= 0.6 is 0 Å². The zero-order valence-electron chi connectivity index (χ0n) is 27.2. The van der Waals surface area contributed by atoms with E-state index in [0.29, 0.717) is 82.9 Å². The van der Waals surface area contributed by atoms with E-state index in [2.05, 4.69) is 0 Å². The molecule has 0 aliphatic heterocycles. The fourth-order valence-electron chi connectivity index (χ4n) is 6.11. The Labute approximate surface area is 293 Å². The van der Waals surface area contributed by atoms with Crippen molar-refractivity contribution in [1.82, 2.24) is 29.9 Å². The molecule has 3 heterocycles. The van der Waals surface area contributed by atoms with E-state index in [1.54, 1.807) is 54.6 Å². The van der Waals surface area contributed by atoms with Crippen LogP contribution in [-0.4, -0.2) is 48.1 Å². The third-order valence-corrected chi connectivity index (χ3v) is 8.72. The molecule has 0 N–H and O–H groups in total. The quantitative estimate of drug-likeness (QED) is 0.0713. The van der Waals surface area contributed by atoms with Gasteiger partial charge in [0.2, 0.25) is 0 Å². The van der Waals surface area contributed by atoms with Crippen LogP contribution in [0, 0.1) is 0 Å². The van der Waals surface area contributed by atoms with Gasteiger partial charge in [0.1, 0.15) is 52.6 Å². The second kappa shape index (κ2) is 12.6. The molecule has 6 aromatic carbocycles. The second-order valence-corrected chi connectivity index (χ2v) is 12.2. The molecule has 0 aliphatic rings. The minimum Gasteiger partial charge on any atom is -0.457 e. The van der Waals surface area contributed by atoms with E-state index in [9.17, 15) is 14.4 Å². The molecule has 11 nitrogen and oxygen atoms in total. The number of esters is 2. The molecular formula is C41H24N6O5. The van der Waals surface area contributed by atoms with Gasteiger partial charge in [-0.25, -0.2) is 39.5 Å². The molecule has 0 saturated carbocycles. The smallest absolute Gasteiger partial charge is 0.338 e. The Morgan fingerprint density at radius 1 is 0.442 bits per heavy atom. The lowest BCUT2D eigenvalue weighted by molar-refractivity contribution is 0.0464. The Bertz CT molecular complexity index is 2920. The summed E-state index contributed by atoms with van der Waals surface area (Å²) in [7, 11) is 0. The summed E-state index contributed by atoms with van der Waals surface area (Å²) in [5.41, 5.74) is 8.25. The Kier molecular flexibility index (Phi) is 7.43. The number of nitrogens with zero attached hydrogens (tertiary/aromatic N) is 6. The molecule has 11 heteroatoms. The van der Waals surface area contributed by atoms with E-state index in [1.807, 2.05) is 60.7 Å². The van der Waals surface area contributed by atoms with Gasteiger partial charge in [0.05, 0.1) is 44.2 Å². The lowest BCUT2D eigenvalue weighted by atomic mass is 10.1. The van der Waals surface area contributed by atoms with Crippen LogP contribution < -0.4 is 0 Å². The molecule has 3 aromatic heterocycles. The molecule has 0 radical (unpaired) electrons. The van der Waals surface area contributed by atoms with Gasteiger partial charge in [-0.05, 0) is 65.7 Å². The average molecular weight is 681 g/mol. The van der Waals surface area contributed by atoms with E-state index in [0.717, 1.165) is 17.4 Å². The zero-order valence-corrected chi connectivity index (χ0v) is 27.2. The highest BCUT2D eigenvalue weighted by Crippen LogP contribution is 2.33. The number of hydrogen-bond donors (Lipinski definition) is 0. The van der Waals surface area contributed by atoms with Crippen molar-refractivity contribution in [2.24, 2.45) is 0 Å². The van der Waals surface area contributed by atoms with Crippen LogP contribution in [0.5, 0.6) is 0 Å². The molecule has 52 heavy (non-hydrogen) atoms. The molecular weight excluding hydrogens is 656 g/mol. The predicted octanol–water partition coefficient (Wildman–Crippen LogP) is 7.50. The standard InChI is InChI=1S/C41H24N6O5/c48-20-25-11-14-28-31(17-25)45-38-36(42-28)37-34(43-29-15-12-26(18-32(29)46-37)40(49)51-21-23-7-3-1-4-8-23)35-39(38)47-33-19-27(13-16-30(33)44-35)41(50)52-22-24-9-5-2-6-10-24/h1-20H,21-22H2. The maximum absolute atomic E-state index is 13.0. The van der Waals surface area contributed by atoms with E-state index < -0.39 is 11.9 Å². The summed E-state index contributed by atoms with van der Waals surface area (Å²) in [5.74, 6) is -0.989. The lowest BCUT2D eigenvalue weighted by Gasteiger charge is -2.11. The van der Waals surface area contributed by atoms with Gasteiger partial charge in [0.25, 0.3) is 0 Å². The third-order valence-electron chi connectivity index (χ3n) is 8.72. The Hall–Kier alpha value is -7.27. The van der Waals surface area contributed by atoms with Gasteiger partial charge in [-0.3, -0.25) is 4.79 Å². The first-order chi connectivity index (χ1) is 25.5. The molecule has 0 atom stereocenters. The summed E-state index contributed by atoms with van der Waals surface area (Å²) in [6.45, 7) is 0.265. The molecule has 0 bridgehead atoms. The summed E-state index contributed by atoms with van der Waals surface area (Å²) in [5, 5.41) is 0. The van der Waals surface area contributed by atoms with Gasteiger partial charge in [-0.15, -0.1) is 0 Å². The largest absolute Gasteiger partial charge is 0.457 e. The molecule has 248 valence electrons. The molecule has 9 rings (SSSR count). The van der Waals surface area contributed by atoms with Crippen molar-refractivity contribution in [3.05, 3.63) is 143 Å². The van der Waals surface area contributed by atoms with E-state index in [-0.39, 0.29) is 13.2 Å². The van der Waals surface area contributed by atoms with Crippen molar-refractivity contribution < 1.29 is 23.9 Å². The van der Waals surface area contributed by atoms with Crippen molar-refractivity contribution in [3.63, 3.8) is 0 Å². The molecule has 0 unspecified atom stereocenters. The van der Waals surface area contributed by atoms with E-state index in [4.69, 9.17) is 39.4 Å². The molecule has 0 spiro atoms. The summed E-state index contributed by atoms with van der Waals surface area (Å²) < 4.78 is 11.1. The number of hydrogen-bond acceptors (Lipinski definition) is 11. The number of carbonyl (C=O) groups is 3. The van der Waals surface area contributed by atoms with Gasteiger partial charge < -0.3 is 9.47 Å². The average Bonchev–Trinajstić information content (AvgIpc) is 3.20. The molecule has 0 amide bonds. The minimum absolute atomic E-state index is 0.131. The number of aldehydes is 1. The number of aromatic nitrogens is 6. The van der Waals surface area contributed by atoms with Crippen molar-refractivity contribution in [2.75, 3.05) is 0 Å². The van der Waals surface area contributed by atoms with Crippen molar-refractivity contribution in [3.8, 4) is 0 Å². The van der Waals surface area contributed by atoms with Crippen LogP contribution in [0.2, 0.25) is 0 Å². The summed E-state index contributed by atoms with van der Waals surface area (Å²) in [4.78, 5) is 67.4. The van der Waals surface area contributed by atoms with E-state index in [1.165, 1.54) is 0 Å². The Balaban J connectivity index is 1.20. The Morgan fingerprint density at radius 3 is 1.21 bits per heavy atom. The fourth-order valence-corrected chi connectivity index (χ4v) is 6.11. The number of benzene rings is 6. The number of rotatable bonds is 7. The fraction of sp³-hybridized carbons (Fsp3) is 0.0488. The van der Waals surface area contributed by atoms with Crippen molar-refractivity contribution in [2.45, 2.75) is 13.2 Å². The SMILES string of the molecule is O=Cc1ccc2nc3c(nc2c1)c1nc2cc(C(=O)OCc4ccccc4)ccc2nc1c1nc2ccc(C(=O)OCc4ccccc4)cc2nc31. The number of fused-ring (bicyclic) bond motifs is 9. The predicted molar refractivity (Wildman–Crippen MR) is 195 cm³/mol. The number of ether oxygens (including phenoxy) is 2. The second-order valence-electron chi connectivity index (χ2n) is 12.2. The maximum atomic E-state index is 13.0. The van der Waals surface area contributed by atoms with Crippen LogP contribution in [0.25, 0.3) is 66.2 Å². The van der Waals surface area contributed by atoms with Crippen LogP contribution in [-0.2, 0) is 22.7 Å². The van der Waals surface area contributed by atoms with Crippen molar-refractivity contribution >= 4 is 84.4 Å². The maximum Gasteiger partial charge on any atom is 0.338 e. The minimum atomic E-state index is -0.496. The number of carbonyl (C=O) groups excluding carboxylic acids is 3. The summed E-state index contributed by atoms with van der Waals surface area (Å²) in [6, 6.07) is 33.9. The highest BCUT2D eigenvalue weighted by Gasteiger charge is 2.20. The molecule has 0 fully saturated rings. The molecule has 9 aromatic rings.